The Morgan fingerprint density at radius 3 is 1.36 bits per heavy atom. The van der Waals surface area contributed by atoms with Gasteiger partial charge in [-0.3, -0.25) is 19.2 Å². The van der Waals surface area contributed by atoms with E-state index in [0.717, 1.165) is 22.3 Å². The molecule has 59 heavy (non-hydrogen) atoms. The van der Waals surface area contributed by atoms with E-state index in [4.69, 9.17) is 62.7 Å². The molecule has 0 radical (unpaired) electrons. The van der Waals surface area contributed by atoms with Gasteiger partial charge in [-0.1, -0.05) is 104 Å². The van der Waals surface area contributed by atoms with Crippen LogP contribution in [0.2, 0.25) is 20.1 Å². The molecule has 2 heterocycles. The zero-order chi connectivity index (χ0) is 44.4. The van der Waals surface area contributed by atoms with Crippen LogP contribution >= 0.6 is 58.0 Å². The minimum absolute atomic E-state index is 0.00681. The Bertz CT molecular complexity index is 2390. The van der Waals surface area contributed by atoms with Crippen molar-refractivity contribution in [3.05, 3.63) is 128 Å². The highest BCUT2D eigenvalue weighted by atomic mass is 35.5. The number of halogens is 5. The highest BCUT2D eigenvalue weighted by Crippen LogP contribution is 2.40. The monoisotopic (exact) mass is 898 g/mol. The number of amides is 2. The van der Waals surface area contributed by atoms with Gasteiger partial charge in [0, 0.05) is 36.6 Å². The fourth-order valence-electron chi connectivity index (χ4n) is 5.69. The highest BCUT2D eigenvalue weighted by molar-refractivity contribution is 6.64. The van der Waals surface area contributed by atoms with Crippen LogP contribution in [0.3, 0.4) is 0 Å². The number of aliphatic hydroxyl groups is 1. The standard InChI is InChI=1S/C23H23Cl2NO3.C18H15Cl2NO2.C5H9ClO/c1-22(2,3)21(28)29-19-18(20(27)26-23(19,4)5)16-12-14(9-10-17(16)25)13-7-6-8-15(24)11-13;1-18(2)16(22)15(17(23)21-18)13-9-11(6-7-14(13)20)10-4-3-5-12(19)8-10;1-5(2,3)4(6)7/h6-12H,1-5H3,(H,26,27);3-9,22H,1-2H3,(H,21,23);1-3H3. The van der Waals surface area contributed by atoms with Crippen molar-refractivity contribution in [3.8, 4) is 22.3 Å². The largest absolute Gasteiger partial charge is 0.509 e. The molecule has 0 fully saturated rings. The minimum Gasteiger partial charge on any atom is -0.509 e. The number of nitrogens with one attached hydrogen (secondary N) is 2. The van der Waals surface area contributed by atoms with Crippen molar-refractivity contribution in [1.82, 2.24) is 10.6 Å². The summed E-state index contributed by atoms with van der Waals surface area (Å²) in [6.45, 7) is 17.7. The fourth-order valence-corrected chi connectivity index (χ4v) is 6.50. The molecule has 312 valence electrons. The van der Waals surface area contributed by atoms with Crippen LogP contribution in [0.15, 0.2) is 96.4 Å². The molecule has 0 aliphatic carbocycles. The van der Waals surface area contributed by atoms with Crippen molar-refractivity contribution in [2.24, 2.45) is 10.8 Å². The molecule has 0 unspecified atom stereocenters. The van der Waals surface area contributed by atoms with Crippen LogP contribution < -0.4 is 10.6 Å². The summed E-state index contributed by atoms with van der Waals surface area (Å²) in [5.74, 6) is -0.827. The predicted octanol–water partition coefficient (Wildman–Crippen LogP) is 12.5. The molecular weight excluding hydrogens is 854 g/mol. The Labute approximate surface area is 370 Å². The molecule has 0 saturated carbocycles. The van der Waals surface area contributed by atoms with Crippen molar-refractivity contribution < 1.29 is 29.0 Å². The van der Waals surface area contributed by atoms with Crippen molar-refractivity contribution in [2.75, 3.05) is 0 Å². The van der Waals surface area contributed by atoms with Crippen molar-refractivity contribution in [1.29, 1.82) is 0 Å². The van der Waals surface area contributed by atoms with Gasteiger partial charge in [-0.2, -0.15) is 0 Å². The molecule has 0 bridgehead atoms. The Hall–Kier alpha value is -4.31. The summed E-state index contributed by atoms with van der Waals surface area (Å²) >= 11 is 30.0. The molecule has 3 N–H and O–H groups in total. The molecule has 6 rings (SSSR count). The number of rotatable bonds is 5. The quantitative estimate of drug-likeness (QED) is 0.135. The van der Waals surface area contributed by atoms with Crippen molar-refractivity contribution >= 4 is 92.2 Å². The highest BCUT2D eigenvalue weighted by Gasteiger charge is 2.43. The Kier molecular flexibility index (Phi) is 14.6. The van der Waals surface area contributed by atoms with Crippen LogP contribution in [0.1, 0.15) is 80.4 Å². The second-order valence-electron chi connectivity index (χ2n) is 17.2. The van der Waals surface area contributed by atoms with Crippen LogP contribution in [0.25, 0.3) is 33.4 Å². The van der Waals surface area contributed by atoms with E-state index in [2.05, 4.69) is 10.6 Å². The van der Waals surface area contributed by atoms with Gasteiger partial charge in [0.1, 0.15) is 11.5 Å². The number of carbonyl (C=O) groups is 4. The van der Waals surface area contributed by atoms with E-state index in [0.29, 0.717) is 31.2 Å². The van der Waals surface area contributed by atoms with E-state index in [-0.39, 0.29) is 45.1 Å². The van der Waals surface area contributed by atoms with E-state index in [1.165, 1.54) is 0 Å². The summed E-state index contributed by atoms with van der Waals surface area (Å²) in [6.07, 6.45) is 0. The molecule has 4 aromatic rings. The maximum atomic E-state index is 12.8. The third-order valence-electron chi connectivity index (χ3n) is 9.11. The van der Waals surface area contributed by atoms with Gasteiger partial charge in [-0.05, 0) is 131 Å². The zero-order valence-electron chi connectivity index (χ0n) is 34.5. The predicted molar refractivity (Wildman–Crippen MR) is 241 cm³/mol. The van der Waals surface area contributed by atoms with Crippen LogP contribution in [-0.4, -0.2) is 39.2 Å². The van der Waals surface area contributed by atoms with E-state index < -0.39 is 22.5 Å². The van der Waals surface area contributed by atoms with Gasteiger partial charge in [-0.15, -0.1) is 0 Å². The molecule has 2 aliphatic heterocycles. The minimum atomic E-state index is -0.845. The zero-order valence-corrected chi connectivity index (χ0v) is 38.2. The molecule has 0 aromatic heterocycles. The van der Waals surface area contributed by atoms with Crippen molar-refractivity contribution in [2.45, 2.75) is 80.3 Å². The number of esters is 1. The molecule has 13 heteroatoms. The first-order chi connectivity index (χ1) is 27.1. The SMILES string of the molecule is CC(C)(C)C(=O)Cl.CC(C)(C)C(=O)OC1=C(c2cc(-c3cccc(Cl)c3)ccc2Cl)C(=O)NC1(C)C.CC1(C)NC(=O)C(c2cc(-c3cccc(Cl)c3)ccc2Cl)=C1O. The topological polar surface area (TPSA) is 122 Å². The van der Waals surface area contributed by atoms with Crippen molar-refractivity contribution in [3.63, 3.8) is 0 Å². The number of hydrogen-bond acceptors (Lipinski definition) is 6. The maximum Gasteiger partial charge on any atom is 0.316 e. The fraction of sp³-hybridized carbons (Fsp3) is 0.304. The Morgan fingerprint density at radius 1 is 0.593 bits per heavy atom. The first kappa shape index (κ1) is 47.4. The second kappa shape index (κ2) is 18.1. The van der Waals surface area contributed by atoms with Crippen LogP contribution in [0.4, 0.5) is 0 Å². The lowest BCUT2D eigenvalue weighted by Gasteiger charge is -2.25. The van der Waals surface area contributed by atoms with Gasteiger partial charge in [0.2, 0.25) is 5.24 Å². The third-order valence-corrected chi connectivity index (χ3v) is 10.8. The second-order valence-corrected chi connectivity index (χ2v) is 19.2. The Balaban J connectivity index is 0.000000229. The molecule has 2 amide bonds. The average molecular weight is 901 g/mol. The third kappa shape index (κ3) is 11.5. The van der Waals surface area contributed by atoms with Gasteiger partial charge >= 0.3 is 5.97 Å². The summed E-state index contributed by atoms with van der Waals surface area (Å²) in [4.78, 5) is 47.9. The van der Waals surface area contributed by atoms with E-state index >= 15 is 0 Å². The van der Waals surface area contributed by atoms with E-state index in [9.17, 15) is 24.3 Å². The molecule has 8 nitrogen and oxygen atoms in total. The maximum absolute atomic E-state index is 12.8. The van der Waals surface area contributed by atoms with Crippen LogP contribution in [0, 0.1) is 10.8 Å². The molecule has 4 aromatic carbocycles. The van der Waals surface area contributed by atoms with Gasteiger partial charge in [0.05, 0.1) is 27.6 Å². The Morgan fingerprint density at radius 2 is 0.983 bits per heavy atom. The van der Waals surface area contributed by atoms with E-state index in [1.807, 2.05) is 54.6 Å². The molecule has 0 saturated heterocycles. The number of ether oxygens (including phenoxy) is 1. The lowest BCUT2D eigenvalue weighted by atomic mass is 9.94. The summed E-state index contributed by atoms with van der Waals surface area (Å²) < 4.78 is 5.73. The first-order valence-electron chi connectivity index (χ1n) is 18.5. The normalized spacial score (nSPS) is 15.7. The lowest BCUT2D eigenvalue weighted by molar-refractivity contribution is -0.149. The number of benzene rings is 4. The summed E-state index contributed by atoms with van der Waals surface area (Å²) in [7, 11) is 0. The van der Waals surface area contributed by atoms with Gasteiger partial charge < -0.3 is 20.5 Å². The first-order valence-corrected chi connectivity index (χ1v) is 20.4. The lowest BCUT2D eigenvalue weighted by Crippen LogP contribution is -2.40. The van der Waals surface area contributed by atoms with Gasteiger partial charge in [0.15, 0.2) is 0 Å². The summed E-state index contributed by atoms with van der Waals surface area (Å²) in [5, 5.41) is 17.8. The van der Waals surface area contributed by atoms with Gasteiger partial charge in [0.25, 0.3) is 11.8 Å². The number of carbonyl (C=O) groups excluding carboxylic acids is 4. The molecule has 0 spiro atoms. The molecule has 2 aliphatic rings. The average Bonchev–Trinajstić information content (AvgIpc) is 3.47. The number of hydrogen-bond donors (Lipinski definition) is 3. The van der Waals surface area contributed by atoms with Crippen LogP contribution in [-0.2, 0) is 23.9 Å². The molecule has 0 atom stereocenters. The van der Waals surface area contributed by atoms with Gasteiger partial charge in [-0.25, -0.2) is 0 Å². The summed E-state index contributed by atoms with van der Waals surface area (Å²) in [5.41, 5.74) is 2.26. The van der Waals surface area contributed by atoms with Crippen LogP contribution in [0.5, 0.6) is 0 Å². The smallest absolute Gasteiger partial charge is 0.316 e. The van der Waals surface area contributed by atoms with E-state index in [1.54, 1.807) is 99.6 Å². The summed E-state index contributed by atoms with van der Waals surface area (Å²) in [6, 6.07) is 25.6. The molecular formula is C46H47Cl5N2O6. The number of aliphatic hydroxyl groups excluding tert-OH is 1.